The highest BCUT2D eigenvalue weighted by atomic mass is 16.3. The van der Waals surface area contributed by atoms with Crippen molar-refractivity contribution in [2.45, 2.75) is 0 Å². The van der Waals surface area contributed by atoms with E-state index in [0.29, 0.717) is 0 Å². The molecule has 258 valence electrons. The third-order valence-corrected chi connectivity index (χ3v) is 11.0. The molecular weight excluding hydrogens is 669 g/mol. The van der Waals surface area contributed by atoms with Crippen LogP contribution in [0.25, 0.3) is 82.5 Å². The number of rotatable bonds is 6. The van der Waals surface area contributed by atoms with E-state index in [-0.39, 0.29) is 0 Å². The summed E-state index contributed by atoms with van der Waals surface area (Å²) >= 11 is 0. The van der Waals surface area contributed by atoms with Crippen LogP contribution < -0.4 is 4.90 Å². The molecule has 0 atom stereocenters. The van der Waals surface area contributed by atoms with Crippen LogP contribution in [0.1, 0.15) is 0 Å². The lowest BCUT2D eigenvalue weighted by Crippen LogP contribution is -2.11. The Balaban J connectivity index is 1.000. The van der Waals surface area contributed by atoms with Crippen molar-refractivity contribution in [2.75, 3.05) is 4.90 Å². The molecule has 0 aliphatic carbocycles. The molecule has 0 N–H and O–H groups in total. The van der Waals surface area contributed by atoms with E-state index in [1.807, 2.05) is 0 Å². The number of aromatic nitrogens is 1. The minimum atomic E-state index is 0.886. The molecule has 0 amide bonds. The third-order valence-electron chi connectivity index (χ3n) is 11.0. The second kappa shape index (κ2) is 12.6. The molecule has 0 radical (unpaired) electrons. The lowest BCUT2D eigenvalue weighted by Gasteiger charge is -2.28. The van der Waals surface area contributed by atoms with Gasteiger partial charge in [-0.05, 0) is 94.9 Å². The molecule has 0 spiro atoms. The van der Waals surface area contributed by atoms with Crippen LogP contribution in [0.2, 0.25) is 0 Å². The molecule has 0 bridgehead atoms. The Morgan fingerprint density at radius 1 is 0.382 bits per heavy atom. The number of anilines is 3. The monoisotopic (exact) mass is 702 g/mol. The molecule has 9 aromatic carbocycles. The highest BCUT2D eigenvalue weighted by Gasteiger charge is 2.19. The maximum Gasteiger partial charge on any atom is 0.143 e. The fourth-order valence-corrected chi connectivity index (χ4v) is 8.42. The number of fused-ring (bicyclic) bond motifs is 8. The van der Waals surface area contributed by atoms with Crippen LogP contribution in [-0.4, -0.2) is 4.57 Å². The molecule has 0 saturated carbocycles. The predicted molar refractivity (Wildman–Crippen MR) is 231 cm³/mol. The van der Waals surface area contributed by atoms with Crippen molar-refractivity contribution in [2.24, 2.45) is 0 Å². The Bertz CT molecular complexity index is 3150. The Morgan fingerprint density at radius 3 is 1.82 bits per heavy atom. The SMILES string of the molecule is c1ccc(N(c2ccc(-c3cccc(-n4c5ccccc5c5ccccc54)c3)cc2)c2ccccc2-c2ccc3c(c2)oc2c4ccccc4ccc32)cc1. The summed E-state index contributed by atoms with van der Waals surface area (Å²) in [6.07, 6.45) is 0. The van der Waals surface area contributed by atoms with E-state index < -0.39 is 0 Å². The van der Waals surface area contributed by atoms with Gasteiger partial charge in [0.1, 0.15) is 11.2 Å². The van der Waals surface area contributed by atoms with Crippen LogP contribution in [0.15, 0.2) is 211 Å². The Morgan fingerprint density at radius 2 is 1.02 bits per heavy atom. The topological polar surface area (TPSA) is 21.3 Å². The molecule has 0 unspecified atom stereocenters. The molecule has 55 heavy (non-hydrogen) atoms. The zero-order chi connectivity index (χ0) is 36.3. The minimum absolute atomic E-state index is 0.886. The summed E-state index contributed by atoms with van der Waals surface area (Å²) in [7, 11) is 0. The van der Waals surface area contributed by atoms with Crippen molar-refractivity contribution in [3.63, 3.8) is 0 Å². The van der Waals surface area contributed by atoms with Crippen molar-refractivity contribution < 1.29 is 4.42 Å². The number of furan rings is 1. The summed E-state index contributed by atoms with van der Waals surface area (Å²) in [5.41, 5.74) is 13.2. The first kappa shape index (κ1) is 31.2. The smallest absolute Gasteiger partial charge is 0.143 e. The number of hydrogen-bond donors (Lipinski definition) is 0. The number of benzene rings is 9. The van der Waals surface area contributed by atoms with E-state index in [2.05, 4.69) is 216 Å². The van der Waals surface area contributed by atoms with Gasteiger partial charge in [-0.3, -0.25) is 0 Å². The van der Waals surface area contributed by atoms with E-state index >= 15 is 0 Å². The van der Waals surface area contributed by atoms with Gasteiger partial charge in [-0.2, -0.15) is 0 Å². The van der Waals surface area contributed by atoms with Gasteiger partial charge in [0.2, 0.25) is 0 Å². The molecule has 0 saturated heterocycles. The van der Waals surface area contributed by atoms with Gasteiger partial charge in [-0.25, -0.2) is 0 Å². The Labute approximate surface area is 318 Å². The second-order valence-corrected chi connectivity index (χ2v) is 14.1. The van der Waals surface area contributed by atoms with Gasteiger partial charge in [0.05, 0.1) is 16.7 Å². The average molecular weight is 703 g/mol. The van der Waals surface area contributed by atoms with E-state index in [1.165, 1.54) is 32.8 Å². The Kier molecular flexibility index (Phi) is 7.17. The van der Waals surface area contributed by atoms with E-state index in [9.17, 15) is 0 Å². The molecule has 3 nitrogen and oxygen atoms in total. The fourth-order valence-electron chi connectivity index (χ4n) is 8.42. The third kappa shape index (κ3) is 5.13. The lowest BCUT2D eigenvalue weighted by molar-refractivity contribution is 0.673. The zero-order valence-corrected chi connectivity index (χ0v) is 29.9. The van der Waals surface area contributed by atoms with Crippen LogP contribution in [0.5, 0.6) is 0 Å². The van der Waals surface area contributed by atoms with Crippen LogP contribution in [0, 0.1) is 0 Å². The maximum atomic E-state index is 6.61. The Hall–Kier alpha value is -7.36. The molecular formula is C52H34N2O. The van der Waals surface area contributed by atoms with Gasteiger partial charge >= 0.3 is 0 Å². The van der Waals surface area contributed by atoms with Gasteiger partial charge in [0, 0.05) is 49.6 Å². The average Bonchev–Trinajstić information content (AvgIpc) is 3.80. The van der Waals surface area contributed by atoms with Crippen LogP contribution in [0.4, 0.5) is 17.1 Å². The lowest BCUT2D eigenvalue weighted by atomic mass is 9.99. The largest absolute Gasteiger partial charge is 0.455 e. The van der Waals surface area contributed by atoms with Gasteiger partial charge in [0.25, 0.3) is 0 Å². The molecule has 11 aromatic rings. The summed E-state index contributed by atoms with van der Waals surface area (Å²) in [6.45, 7) is 0. The molecule has 3 heteroatoms. The first-order chi connectivity index (χ1) is 27.3. The standard InChI is InChI=1S/C52H34N2O/c1-2-15-39(16-3-1)53(48-22-9-6-18-42(48)38-28-31-46-47-32-27-36-13-4-5-19-43(36)52(47)55-51(46)34-38)40-29-25-35(26-30-40)37-14-12-17-41(33-37)54-49-23-10-7-20-44(49)45-21-8-11-24-50(45)54/h1-34H. The minimum Gasteiger partial charge on any atom is -0.455 e. The molecule has 0 fully saturated rings. The molecule has 2 aromatic heterocycles. The van der Waals surface area contributed by atoms with Gasteiger partial charge in [-0.15, -0.1) is 0 Å². The van der Waals surface area contributed by atoms with Gasteiger partial charge < -0.3 is 13.9 Å². The molecule has 0 aliphatic heterocycles. The first-order valence-corrected chi connectivity index (χ1v) is 18.8. The van der Waals surface area contributed by atoms with Crippen LogP contribution >= 0.6 is 0 Å². The van der Waals surface area contributed by atoms with Crippen molar-refractivity contribution in [1.29, 1.82) is 0 Å². The summed E-state index contributed by atoms with van der Waals surface area (Å²) in [5, 5.41) is 7.11. The summed E-state index contributed by atoms with van der Waals surface area (Å²) < 4.78 is 8.99. The number of nitrogens with zero attached hydrogens (tertiary/aromatic N) is 2. The van der Waals surface area contributed by atoms with Crippen molar-refractivity contribution in [1.82, 2.24) is 4.57 Å². The van der Waals surface area contributed by atoms with E-state index in [0.717, 1.165) is 66.8 Å². The van der Waals surface area contributed by atoms with Gasteiger partial charge in [-0.1, -0.05) is 133 Å². The number of hydrogen-bond acceptors (Lipinski definition) is 2. The number of para-hydroxylation sites is 4. The van der Waals surface area contributed by atoms with Crippen molar-refractivity contribution in [3.05, 3.63) is 206 Å². The van der Waals surface area contributed by atoms with Crippen molar-refractivity contribution in [3.8, 4) is 27.9 Å². The zero-order valence-electron chi connectivity index (χ0n) is 29.9. The van der Waals surface area contributed by atoms with Crippen LogP contribution in [-0.2, 0) is 0 Å². The summed E-state index contributed by atoms with van der Waals surface area (Å²) in [4.78, 5) is 2.35. The fraction of sp³-hybridized carbons (Fsp3) is 0. The van der Waals surface area contributed by atoms with Crippen LogP contribution in [0.3, 0.4) is 0 Å². The second-order valence-electron chi connectivity index (χ2n) is 14.1. The highest BCUT2D eigenvalue weighted by Crippen LogP contribution is 2.43. The summed E-state index contributed by atoms with van der Waals surface area (Å²) in [5.74, 6) is 0. The maximum absolute atomic E-state index is 6.61. The molecule has 11 rings (SSSR count). The molecule has 0 aliphatic rings. The van der Waals surface area contributed by atoms with Crippen molar-refractivity contribution >= 4 is 71.6 Å². The molecule has 2 heterocycles. The van der Waals surface area contributed by atoms with Gasteiger partial charge in [0.15, 0.2) is 0 Å². The predicted octanol–water partition coefficient (Wildman–Crippen LogP) is 14.6. The first-order valence-electron chi connectivity index (χ1n) is 18.8. The highest BCUT2D eigenvalue weighted by molar-refractivity contribution is 6.15. The summed E-state index contributed by atoms with van der Waals surface area (Å²) in [6, 6.07) is 73.8. The quantitative estimate of drug-likeness (QED) is 0.172. The normalized spacial score (nSPS) is 11.6. The van der Waals surface area contributed by atoms with E-state index in [4.69, 9.17) is 4.42 Å². The van der Waals surface area contributed by atoms with E-state index in [1.54, 1.807) is 0 Å².